The van der Waals surface area contributed by atoms with Crippen molar-refractivity contribution in [2.75, 3.05) is 38.7 Å². The van der Waals surface area contributed by atoms with Gasteiger partial charge in [0.1, 0.15) is 5.75 Å². The van der Waals surface area contributed by atoms with Gasteiger partial charge in [-0.2, -0.15) is 8.78 Å². The maximum atomic E-state index is 13.1. The number of halogens is 2. The molecule has 1 N–H and O–H groups in total. The van der Waals surface area contributed by atoms with Crippen molar-refractivity contribution in [3.63, 3.8) is 0 Å². The Morgan fingerprint density at radius 3 is 2.56 bits per heavy atom. The van der Waals surface area contributed by atoms with Crippen LogP contribution < -0.4 is 10.1 Å². The molecule has 0 aliphatic carbocycles. The highest BCUT2D eigenvalue weighted by Crippen LogP contribution is 2.25. The molecule has 2 aromatic carbocycles. The summed E-state index contributed by atoms with van der Waals surface area (Å²) in [5.41, 5.74) is 1.81. The van der Waals surface area contributed by atoms with Gasteiger partial charge in [0.2, 0.25) is 0 Å². The number of hydrogen-bond donors (Lipinski definition) is 1. The Bertz CT molecular complexity index is 965. The van der Waals surface area contributed by atoms with Crippen LogP contribution in [0.25, 0.3) is 0 Å². The Hall–Kier alpha value is -3.04. The van der Waals surface area contributed by atoms with Gasteiger partial charge < -0.3 is 19.7 Å². The van der Waals surface area contributed by atoms with Gasteiger partial charge in [0.15, 0.2) is 5.78 Å². The number of carbonyl (C=O) groups excluding carboxylic acids is 2. The largest absolute Gasteiger partial charge is 0.434 e. The molecule has 2 aromatic rings. The molecule has 1 saturated heterocycles. The van der Waals surface area contributed by atoms with Crippen molar-refractivity contribution in [1.29, 1.82) is 0 Å². The minimum absolute atomic E-state index is 0.00921. The molecule has 0 aromatic heterocycles. The van der Waals surface area contributed by atoms with E-state index in [1.807, 2.05) is 0 Å². The molecular formula is C25H31F2N3O4. The van der Waals surface area contributed by atoms with Crippen LogP contribution in [0.1, 0.15) is 35.7 Å². The molecular weight excluding hydrogens is 444 g/mol. The highest BCUT2D eigenvalue weighted by Gasteiger charge is 2.28. The highest BCUT2D eigenvalue weighted by atomic mass is 19.3. The third kappa shape index (κ3) is 7.23. The number of urea groups is 1. The first-order chi connectivity index (χ1) is 16.4. The van der Waals surface area contributed by atoms with Crippen molar-refractivity contribution in [3.05, 3.63) is 59.7 Å². The number of piperidine rings is 1. The molecule has 0 spiro atoms. The monoisotopic (exact) mass is 475 g/mol. The average Bonchev–Trinajstić information content (AvgIpc) is 2.81. The van der Waals surface area contributed by atoms with E-state index in [2.05, 4.69) is 15.0 Å². The summed E-state index contributed by atoms with van der Waals surface area (Å²) >= 11 is 0. The number of likely N-dealkylation sites (tertiary alicyclic amines) is 1. The van der Waals surface area contributed by atoms with Crippen molar-refractivity contribution in [1.82, 2.24) is 9.80 Å². The van der Waals surface area contributed by atoms with Crippen LogP contribution in [-0.2, 0) is 11.3 Å². The van der Waals surface area contributed by atoms with Crippen molar-refractivity contribution < 1.29 is 27.8 Å². The molecule has 0 bridgehead atoms. The van der Waals surface area contributed by atoms with E-state index in [9.17, 15) is 18.4 Å². The van der Waals surface area contributed by atoms with Gasteiger partial charge in [0.25, 0.3) is 0 Å². The van der Waals surface area contributed by atoms with Gasteiger partial charge in [-0.15, -0.1) is 0 Å². The van der Waals surface area contributed by atoms with Gasteiger partial charge in [-0.3, -0.25) is 9.69 Å². The van der Waals surface area contributed by atoms with Crippen molar-refractivity contribution in [3.8, 4) is 5.75 Å². The van der Waals surface area contributed by atoms with Gasteiger partial charge in [-0.25, -0.2) is 4.79 Å². The lowest BCUT2D eigenvalue weighted by atomic mass is 10.0. The zero-order valence-corrected chi connectivity index (χ0v) is 19.5. The number of rotatable bonds is 10. The van der Waals surface area contributed by atoms with E-state index >= 15 is 0 Å². The number of anilines is 1. The summed E-state index contributed by atoms with van der Waals surface area (Å²) in [6, 6.07) is 13.4. The van der Waals surface area contributed by atoms with Gasteiger partial charge in [-0.1, -0.05) is 30.3 Å². The molecule has 9 heteroatoms. The Kier molecular flexibility index (Phi) is 9.35. The number of alkyl halides is 2. The number of nitrogens with zero attached hydrogens (tertiary/aromatic N) is 2. The molecule has 184 valence electrons. The topological polar surface area (TPSA) is 71.1 Å². The van der Waals surface area contributed by atoms with E-state index in [1.54, 1.807) is 60.5 Å². The number of methoxy groups -OCH3 is 1. The summed E-state index contributed by atoms with van der Waals surface area (Å²) in [6.07, 6.45) is 1.48. The molecule has 0 unspecified atom stereocenters. The Morgan fingerprint density at radius 2 is 1.88 bits per heavy atom. The molecule has 1 heterocycles. The van der Waals surface area contributed by atoms with Crippen LogP contribution in [0.4, 0.5) is 19.3 Å². The molecule has 34 heavy (non-hydrogen) atoms. The van der Waals surface area contributed by atoms with E-state index in [4.69, 9.17) is 4.74 Å². The zero-order chi connectivity index (χ0) is 24.5. The average molecular weight is 476 g/mol. The van der Waals surface area contributed by atoms with Crippen LogP contribution in [0.3, 0.4) is 0 Å². The van der Waals surface area contributed by atoms with E-state index in [-0.39, 0.29) is 23.6 Å². The number of hydrogen-bond acceptors (Lipinski definition) is 5. The SMILES string of the molecule is COCCN(C(=O)Nc1cccc(C(C)=O)c1)C1CCN(Cc2ccccc2OC(F)F)CC1. The number of para-hydroxylation sites is 1. The zero-order valence-electron chi connectivity index (χ0n) is 19.5. The number of nitrogens with one attached hydrogen (secondary N) is 1. The summed E-state index contributed by atoms with van der Waals surface area (Å²) < 4.78 is 35.3. The Balaban J connectivity index is 1.62. The first kappa shape index (κ1) is 25.6. The lowest BCUT2D eigenvalue weighted by Crippen LogP contribution is -2.49. The fourth-order valence-electron chi connectivity index (χ4n) is 4.13. The summed E-state index contributed by atoms with van der Waals surface area (Å²) in [7, 11) is 1.59. The van der Waals surface area contributed by atoms with Gasteiger partial charge in [0.05, 0.1) is 6.61 Å². The molecule has 3 rings (SSSR count). The number of ketones is 1. The molecule has 0 atom stereocenters. The lowest BCUT2D eigenvalue weighted by molar-refractivity contribution is -0.0508. The normalized spacial score (nSPS) is 14.7. The third-order valence-corrected chi connectivity index (χ3v) is 5.90. The van der Waals surface area contributed by atoms with E-state index in [0.717, 1.165) is 12.8 Å². The molecule has 1 fully saturated rings. The van der Waals surface area contributed by atoms with Crippen LogP contribution >= 0.6 is 0 Å². The first-order valence-corrected chi connectivity index (χ1v) is 11.3. The maximum absolute atomic E-state index is 13.1. The molecule has 7 nitrogen and oxygen atoms in total. The molecule has 1 aliphatic heterocycles. The lowest BCUT2D eigenvalue weighted by Gasteiger charge is -2.38. The molecule has 0 radical (unpaired) electrons. The van der Waals surface area contributed by atoms with Crippen molar-refractivity contribution in [2.24, 2.45) is 0 Å². The number of Topliss-reactive ketones (excluding diaryl/α,β-unsaturated/α-hetero) is 1. The minimum atomic E-state index is -2.86. The summed E-state index contributed by atoms with van der Waals surface area (Å²) in [6.45, 7) is 1.38. The fourth-order valence-corrected chi connectivity index (χ4v) is 4.13. The summed E-state index contributed by atoms with van der Waals surface area (Å²) in [4.78, 5) is 28.7. The molecule has 1 aliphatic rings. The van der Waals surface area contributed by atoms with Crippen molar-refractivity contribution in [2.45, 2.75) is 39.0 Å². The van der Waals surface area contributed by atoms with Gasteiger partial charge in [-0.05, 0) is 38.0 Å². The quantitative estimate of drug-likeness (QED) is 0.507. The summed E-state index contributed by atoms with van der Waals surface area (Å²) in [5.74, 6) is 0.119. The summed E-state index contributed by atoms with van der Waals surface area (Å²) in [5, 5.41) is 2.90. The molecule has 2 amide bonds. The smallest absolute Gasteiger partial charge is 0.387 e. The van der Waals surface area contributed by atoms with Crippen molar-refractivity contribution >= 4 is 17.5 Å². The van der Waals surface area contributed by atoms with Crippen LogP contribution in [0.2, 0.25) is 0 Å². The second-order valence-corrected chi connectivity index (χ2v) is 8.25. The predicted molar refractivity (Wildman–Crippen MR) is 125 cm³/mol. The number of amides is 2. The number of carbonyl (C=O) groups is 2. The Labute approximate surface area is 198 Å². The van der Waals surface area contributed by atoms with Crippen LogP contribution in [0.15, 0.2) is 48.5 Å². The van der Waals surface area contributed by atoms with E-state index < -0.39 is 6.61 Å². The highest BCUT2D eigenvalue weighted by molar-refractivity contribution is 5.96. The standard InChI is InChI=1S/C25H31F2N3O4/c1-18(31)19-7-5-8-21(16-19)28-25(32)30(14-15-33-2)22-10-12-29(13-11-22)17-20-6-3-4-9-23(20)34-24(26)27/h3-9,16,22,24H,10-15,17H2,1-2H3,(H,28,32). The molecule has 0 saturated carbocycles. The predicted octanol–water partition coefficient (Wildman–Crippen LogP) is 4.64. The maximum Gasteiger partial charge on any atom is 0.387 e. The first-order valence-electron chi connectivity index (χ1n) is 11.3. The van der Waals surface area contributed by atoms with E-state index in [1.165, 1.54) is 6.92 Å². The number of ether oxygens (including phenoxy) is 2. The van der Waals surface area contributed by atoms with E-state index in [0.29, 0.717) is 49.6 Å². The second kappa shape index (κ2) is 12.4. The van der Waals surface area contributed by atoms with Gasteiger partial charge >= 0.3 is 12.6 Å². The Morgan fingerprint density at radius 1 is 1.15 bits per heavy atom. The number of benzene rings is 2. The van der Waals surface area contributed by atoms with Crippen LogP contribution in [-0.4, -0.2) is 67.6 Å². The second-order valence-electron chi connectivity index (χ2n) is 8.25. The fraction of sp³-hybridized carbons (Fsp3) is 0.440. The van der Waals surface area contributed by atoms with Crippen LogP contribution in [0, 0.1) is 0 Å². The van der Waals surface area contributed by atoms with Crippen LogP contribution in [0.5, 0.6) is 5.75 Å². The van der Waals surface area contributed by atoms with Gasteiger partial charge in [0, 0.05) is 56.1 Å². The third-order valence-electron chi connectivity index (χ3n) is 5.90. The minimum Gasteiger partial charge on any atom is -0.434 e.